The minimum Gasteiger partial charge on any atom is -0.307 e. The van der Waals surface area contributed by atoms with E-state index < -0.39 is 0 Å². The van der Waals surface area contributed by atoms with Crippen LogP contribution in [-0.4, -0.2) is 5.54 Å². The van der Waals surface area contributed by atoms with Crippen LogP contribution in [0.25, 0.3) is 10.1 Å². The van der Waals surface area contributed by atoms with Crippen LogP contribution in [0.15, 0.2) is 24.3 Å². The third-order valence-corrected chi connectivity index (χ3v) is 5.70. The van der Waals surface area contributed by atoms with Gasteiger partial charge in [-0.25, -0.2) is 0 Å². The van der Waals surface area contributed by atoms with E-state index in [0.717, 1.165) is 11.6 Å². The zero-order chi connectivity index (χ0) is 12.6. The van der Waals surface area contributed by atoms with Gasteiger partial charge >= 0.3 is 0 Å². The van der Waals surface area contributed by atoms with E-state index in [1.807, 2.05) is 11.3 Å². The topological polar surface area (TPSA) is 12.0 Å². The summed E-state index contributed by atoms with van der Waals surface area (Å²) in [5, 5.41) is 5.83. The lowest BCUT2D eigenvalue weighted by Gasteiger charge is -2.25. The monoisotopic (exact) mass is 279 g/mol. The van der Waals surface area contributed by atoms with Crippen molar-refractivity contribution in [1.82, 2.24) is 5.32 Å². The number of hydrogen-bond acceptors (Lipinski definition) is 2. The Bertz CT molecular complexity index is 555. The van der Waals surface area contributed by atoms with Gasteiger partial charge in [-0.3, -0.25) is 0 Å². The molecule has 0 spiro atoms. The fraction of sp³-hybridized carbons (Fsp3) is 0.467. The lowest BCUT2D eigenvalue weighted by molar-refractivity contribution is 0.364. The van der Waals surface area contributed by atoms with Crippen LogP contribution in [-0.2, 0) is 6.54 Å². The predicted molar refractivity (Wildman–Crippen MR) is 80.5 cm³/mol. The Labute approximate surface area is 117 Å². The summed E-state index contributed by atoms with van der Waals surface area (Å²) in [5.41, 5.74) is 0.319. The van der Waals surface area contributed by atoms with Crippen LogP contribution in [0.3, 0.4) is 0 Å². The standard InChI is InChI=1S/C15H18ClNS/c1-15(8-4-5-9-15)17-10-13-14(16)11-6-2-3-7-12(11)18-13/h2-3,6-7,17H,4-5,8-10H2,1H3. The van der Waals surface area contributed by atoms with E-state index in [9.17, 15) is 0 Å². The summed E-state index contributed by atoms with van der Waals surface area (Å²) in [6.45, 7) is 3.23. The molecule has 0 atom stereocenters. The first-order chi connectivity index (χ1) is 8.68. The number of nitrogens with one attached hydrogen (secondary N) is 1. The quantitative estimate of drug-likeness (QED) is 0.836. The van der Waals surface area contributed by atoms with Crippen molar-refractivity contribution in [3.8, 4) is 0 Å². The van der Waals surface area contributed by atoms with Crippen LogP contribution in [0.4, 0.5) is 0 Å². The molecule has 0 radical (unpaired) electrons. The number of fused-ring (bicyclic) bond motifs is 1. The van der Waals surface area contributed by atoms with Crippen molar-refractivity contribution in [2.45, 2.75) is 44.7 Å². The van der Waals surface area contributed by atoms with Crippen molar-refractivity contribution < 1.29 is 0 Å². The fourth-order valence-corrected chi connectivity index (χ4v) is 4.24. The fourth-order valence-electron chi connectivity index (χ4n) is 2.80. The first kappa shape index (κ1) is 12.5. The molecule has 1 aromatic carbocycles. The lowest BCUT2D eigenvalue weighted by atomic mass is 10.0. The van der Waals surface area contributed by atoms with E-state index in [1.54, 1.807) is 0 Å². The van der Waals surface area contributed by atoms with Gasteiger partial charge in [0.05, 0.1) is 5.02 Å². The number of rotatable bonds is 3. The summed E-state index contributed by atoms with van der Waals surface area (Å²) in [4.78, 5) is 1.27. The Morgan fingerprint density at radius 3 is 2.72 bits per heavy atom. The SMILES string of the molecule is CC1(NCc2sc3ccccc3c2Cl)CCCC1. The van der Waals surface area contributed by atoms with Crippen molar-refractivity contribution in [2.75, 3.05) is 0 Å². The molecule has 18 heavy (non-hydrogen) atoms. The Morgan fingerprint density at radius 2 is 2.00 bits per heavy atom. The summed E-state index contributed by atoms with van der Waals surface area (Å²) >= 11 is 8.27. The second-order valence-corrected chi connectivity index (χ2v) is 6.97. The normalized spacial score (nSPS) is 18.6. The predicted octanol–water partition coefficient (Wildman–Crippen LogP) is 4.98. The number of benzene rings is 1. The summed E-state index contributed by atoms with van der Waals surface area (Å²) in [6.07, 6.45) is 5.28. The number of thiophene rings is 1. The highest BCUT2D eigenvalue weighted by Gasteiger charge is 2.28. The van der Waals surface area contributed by atoms with Gasteiger partial charge in [-0.05, 0) is 25.8 Å². The molecule has 2 aromatic rings. The third-order valence-electron chi connectivity index (χ3n) is 3.98. The smallest absolute Gasteiger partial charge is 0.0636 e. The van der Waals surface area contributed by atoms with Crippen molar-refractivity contribution in [3.63, 3.8) is 0 Å². The molecule has 1 aliphatic rings. The highest BCUT2D eigenvalue weighted by Crippen LogP contribution is 2.36. The summed E-state index contributed by atoms with van der Waals surface area (Å²) in [7, 11) is 0. The van der Waals surface area contributed by atoms with Gasteiger partial charge in [-0.1, -0.05) is 42.6 Å². The Kier molecular flexibility index (Phi) is 3.35. The van der Waals surface area contributed by atoms with Crippen LogP contribution < -0.4 is 5.32 Å². The largest absolute Gasteiger partial charge is 0.307 e. The maximum atomic E-state index is 6.46. The summed E-state index contributed by atoms with van der Waals surface area (Å²) in [5.74, 6) is 0. The maximum Gasteiger partial charge on any atom is 0.0636 e. The van der Waals surface area contributed by atoms with E-state index in [4.69, 9.17) is 11.6 Å². The van der Waals surface area contributed by atoms with Crippen LogP contribution in [0.1, 0.15) is 37.5 Å². The van der Waals surface area contributed by atoms with Crippen molar-refractivity contribution in [1.29, 1.82) is 0 Å². The van der Waals surface area contributed by atoms with Gasteiger partial charge in [0.15, 0.2) is 0 Å². The molecule has 0 bridgehead atoms. The van der Waals surface area contributed by atoms with Gasteiger partial charge in [0, 0.05) is 27.0 Å². The van der Waals surface area contributed by atoms with Crippen LogP contribution in [0.2, 0.25) is 5.02 Å². The van der Waals surface area contributed by atoms with Gasteiger partial charge in [-0.2, -0.15) is 0 Å². The molecular formula is C15H18ClNS. The molecule has 1 aromatic heterocycles. The molecule has 0 unspecified atom stereocenters. The number of hydrogen-bond donors (Lipinski definition) is 1. The molecule has 3 rings (SSSR count). The minimum atomic E-state index is 0.319. The highest BCUT2D eigenvalue weighted by atomic mass is 35.5. The summed E-state index contributed by atoms with van der Waals surface area (Å²) in [6, 6.07) is 8.38. The van der Waals surface area contributed by atoms with Crippen molar-refractivity contribution in [2.24, 2.45) is 0 Å². The van der Waals surface area contributed by atoms with E-state index >= 15 is 0 Å². The van der Waals surface area contributed by atoms with Crippen molar-refractivity contribution in [3.05, 3.63) is 34.2 Å². The number of halogens is 1. The van der Waals surface area contributed by atoms with Gasteiger partial charge in [0.2, 0.25) is 0 Å². The third kappa shape index (κ3) is 2.29. The van der Waals surface area contributed by atoms with Crippen molar-refractivity contribution >= 4 is 33.0 Å². The second-order valence-electron chi connectivity index (χ2n) is 5.46. The molecule has 1 saturated carbocycles. The average molecular weight is 280 g/mol. The molecule has 0 saturated heterocycles. The van der Waals surface area contributed by atoms with E-state index in [0.29, 0.717) is 5.54 Å². The molecule has 1 nitrogen and oxygen atoms in total. The molecular weight excluding hydrogens is 262 g/mol. The maximum absolute atomic E-state index is 6.46. The average Bonchev–Trinajstić information content (AvgIpc) is 2.93. The minimum absolute atomic E-state index is 0.319. The van der Waals surface area contributed by atoms with Crippen LogP contribution in [0.5, 0.6) is 0 Å². The van der Waals surface area contributed by atoms with Crippen LogP contribution in [0, 0.1) is 0 Å². The van der Waals surface area contributed by atoms with E-state index in [-0.39, 0.29) is 0 Å². The molecule has 0 amide bonds. The summed E-state index contributed by atoms with van der Waals surface area (Å²) < 4.78 is 1.29. The molecule has 0 aliphatic heterocycles. The second kappa shape index (κ2) is 4.84. The van der Waals surface area contributed by atoms with Gasteiger partial charge in [0.25, 0.3) is 0 Å². The molecule has 1 aliphatic carbocycles. The van der Waals surface area contributed by atoms with Crippen LogP contribution >= 0.6 is 22.9 Å². The van der Waals surface area contributed by atoms with E-state index in [1.165, 1.54) is 40.6 Å². The first-order valence-electron chi connectivity index (χ1n) is 6.59. The molecule has 1 fully saturated rings. The van der Waals surface area contributed by atoms with Gasteiger partial charge in [-0.15, -0.1) is 11.3 Å². The highest BCUT2D eigenvalue weighted by molar-refractivity contribution is 7.19. The molecule has 1 N–H and O–H groups in total. The molecule has 1 heterocycles. The Balaban J connectivity index is 1.80. The van der Waals surface area contributed by atoms with E-state index in [2.05, 4.69) is 36.5 Å². The first-order valence-corrected chi connectivity index (χ1v) is 7.78. The lowest BCUT2D eigenvalue weighted by Crippen LogP contribution is -2.38. The van der Waals surface area contributed by atoms with Gasteiger partial charge < -0.3 is 5.32 Å². The Hall–Kier alpha value is -0.570. The zero-order valence-electron chi connectivity index (χ0n) is 10.6. The molecule has 96 valence electrons. The zero-order valence-corrected chi connectivity index (χ0v) is 12.2. The molecule has 3 heteroatoms. The Morgan fingerprint density at radius 1 is 1.28 bits per heavy atom. The van der Waals surface area contributed by atoms with Gasteiger partial charge in [0.1, 0.15) is 0 Å².